The predicted molar refractivity (Wildman–Crippen MR) is 75.2 cm³/mol. The third-order valence-electron chi connectivity index (χ3n) is 2.93. The van der Waals surface area contributed by atoms with Crippen molar-refractivity contribution in [2.24, 2.45) is 0 Å². The number of para-hydroxylation sites is 1. The largest absolute Gasteiger partial charge is 0.496 e. The van der Waals surface area contributed by atoms with E-state index in [9.17, 15) is 0 Å². The van der Waals surface area contributed by atoms with Crippen molar-refractivity contribution in [3.63, 3.8) is 0 Å². The van der Waals surface area contributed by atoms with Gasteiger partial charge in [-0.2, -0.15) is 0 Å². The van der Waals surface area contributed by atoms with Gasteiger partial charge in [0, 0.05) is 11.4 Å². The average molecular weight is 262 g/mol. The number of hydrogen-bond donors (Lipinski definition) is 1. The molecule has 0 radical (unpaired) electrons. The Morgan fingerprint density at radius 3 is 2.94 bits per heavy atom. The average Bonchev–Trinajstić information content (AvgIpc) is 2.93. The Morgan fingerprint density at radius 1 is 1.39 bits per heavy atom. The number of thiazole rings is 1. The van der Waals surface area contributed by atoms with Gasteiger partial charge in [-0.15, -0.1) is 11.3 Å². The molecule has 1 aromatic heterocycles. The lowest BCUT2D eigenvalue weighted by Gasteiger charge is -2.12. The number of nitrogens with zero attached hydrogens (tertiary/aromatic N) is 1. The van der Waals surface area contributed by atoms with E-state index in [0.717, 1.165) is 24.4 Å². The van der Waals surface area contributed by atoms with Crippen LogP contribution in [0.1, 0.15) is 24.2 Å². The zero-order valence-corrected chi connectivity index (χ0v) is 11.5. The predicted octanol–water partition coefficient (Wildman–Crippen LogP) is 3.05. The van der Waals surface area contributed by atoms with E-state index in [2.05, 4.69) is 28.7 Å². The first-order chi connectivity index (χ1) is 8.81. The second-order valence-electron chi connectivity index (χ2n) is 4.15. The van der Waals surface area contributed by atoms with Crippen LogP contribution in [0, 0.1) is 0 Å². The van der Waals surface area contributed by atoms with Crippen molar-refractivity contribution in [1.82, 2.24) is 10.3 Å². The van der Waals surface area contributed by atoms with Crippen LogP contribution >= 0.6 is 11.3 Å². The summed E-state index contributed by atoms with van der Waals surface area (Å²) in [5, 5.41) is 5.56. The number of hydrogen-bond acceptors (Lipinski definition) is 4. The highest BCUT2D eigenvalue weighted by molar-refractivity contribution is 7.07. The van der Waals surface area contributed by atoms with E-state index in [0.29, 0.717) is 6.04 Å². The molecule has 1 heterocycles. The van der Waals surface area contributed by atoms with E-state index in [-0.39, 0.29) is 0 Å². The van der Waals surface area contributed by atoms with Crippen molar-refractivity contribution < 1.29 is 4.74 Å². The van der Waals surface area contributed by atoms with Gasteiger partial charge in [0.25, 0.3) is 0 Å². The summed E-state index contributed by atoms with van der Waals surface area (Å²) in [7, 11) is 1.71. The van der Waals surface area contributed by atoms with Gasteiger partial charge in [0.1, 0.15) is 5.75 Å². The van der Waals surface area contributed by atoms with Crippen LogP contribution in [0.15, 0.2) is 35.2 Å². The highest BCUT2D eigenvalue weighted by Gasteiger charge is 2.07. The molecule has 0 aliphatic rings. The minimum Gasteiger partial charge on any atom is -0.496 e. The summed E-state index contributed by atoms with van der Waals surface area (Å²) in [4.78, 5) is 4.31. The Balaban J connectivity index is 1.85. The van der Waals surface area contributed by atoms with Gasteiger partial charge in [-0.1, -0.05) is 18.2 Å². The normalized spacial score (nSPS) is 12.3. The molecule has 0 fully saturated rings. The van der Waals surface area contributed by atoms with Crippen LogP contribution in [-0.2, 0) is 6.42 Å². The van der Waals surface area contributed by atoms with Crippen LogP contribution in [0.25, 0.3) is 0 Å². The van der Waals surface area contributed by atoms with Gasteiger partial charge in [-0.3, -0.25) is 0 Å². The summed E-state index contributed by atoms with van der Waals surface area (Å²) < 4.78 is 5.34. The lowest BCUT2D eigenvalue weighted by Crippen LogP contribution is -2.21. The zero-order chi connectivity index (χ0) is 12.8. The number of methoxy groups -OCH3 is 1. The molecule has 4 heteroatoms. The van der Waals surface area contributed by atoms with Crippen LogP contribution < -0.4 is 10.1 Å². The van der Waals surface area contributed by atoms with Gasteiger partial charge in [-0.25, -0.2) is 4.98 Å². The van der Waals surface area contributed by atoms with Gasteiger partial charge in [0.2, 0.25) is 0 Å². The molecule has 1 N–H and O–H groups in total. The van der Waals surface area contributed by atoms with E-state index in [1.54, 1.807) is 18.4 Å². The smallest absolute Gasteiger partial charge is 0.122 e. The molecular formula is C14H18N2OS. The Kier molecular flexibility index (Phi) is 4.73. The molecule has 2 rings (SSSR count). The maximum Gasteiger partial charge on any atom is 0.122 e. The molecule has 0 aliphatic carbocycles. The van der Waals surface area contributed by atoms with Crippen LogP contribution in [0.3, 0.4) is 0 Å². The van der Waals surface area contributed by atoms with Gasteiger partial charge in [-0.05, 0) is 31.5 Å². The maximum absolute atomic E-state index is 5.34. The monoisotopic (exact) mass is 262 g/mol. The van der Waals surface area contributed by atoms with Crippen molar-refractivity contribution in [3.05, 3.63) is 46.4 Å². The fraction of sp³-hybridized carbons (Fsp3) is 0.357. The summed E-state index contributed by atoms with van der Waals surface area (Å²) in [6.45, 7) is 3.05. The number of ether oxygens (including phenoxy) is 1. The van der Waals surface area contributed by atoms with Crippen molar-refractivity contribution in [3.8, 4) is 5.75 Å². The molecule has 1 unspecified atom stereocenters. The quantitative estimate of drug-likeness (QED) is 0.869. The summed E-state index contributed by atoms with van der Waals surface area (Å²) >= 11 is 1.63. The molecule has 3 nitrogen and oxygen atoms in total. The minimum atomic E-state index is 0.297. The van der Waals surface area contributed by atoms with Gasteiger partial charge in [0.05, 0.1) is 18.3 Å². The first-order valence-electron chi connectivity index (χ1n) is 6.04. The molecule has 2 aromatic rings. The number of benzene rings is 1. The number of nitrogens with one attached hydrogen (secondary N) is 1. The molecule has 96 valence electrons. The Labute approximate surface area is 112 Å². The fourth-order valence-electron chi connectivity index (χ4n) is 1.87. The summed E-state index contributed by atoms with van der Waals surface area (Å²) in [6.07, 6.45) is 0.957. The van der Waals surface area contributed by atoms with Crippen LogP contribution in [0.5, 0.6) is 5.75 Å². The van der Waals surface area contributed by atoms with Crippen molar-refractivity contribution in [2.75, 3.05) is 13.7 Å². The van der Waals surface area contributed by atoms with Crippen molar-refractivity contribution in [2.45, 2.75) is 19.4 Å². The van der Waals surface area contributed by atoms with Crippen LogP contribution in [0.2, 0.25) is 0 Å². The topological polar surface area (TPSA) is 34.1 Å². The highest BCUT2D eigenvalue weighted by atomic mass is 32.1. The first kappa shape index (κ1) is 13.1. The Morgan fingerprint density at radius 2 is 2.22 bits per heavy atom. The molecule has 0 saturated carbocycles. The van der Waals surface area contributed by atoms with Crippen molar-refractivity contribution in [1.29, 1.82) is 0 Å². The van der Waals surface area contributed by atoms with E-state index in [1.165, 1.54) is 5.56 Å². The Hall–Kier alpha value is -1.39. The third-order valence-corrected chi connectivity index (χ3v) is 3.54. The minimum absolute atomic E-state index is 0.297. The maximum atomic E-state index is 5.34. The molecule has 0 aliphatic heterocycles. The van der Waals surface area contributed by atoms with Gasteiger partial charge >= 0.3 is 0 Å². The fourth-order valence-corrected chi connectivity index (χ4v) is 2.52. The van der Waals surface area contributed by atoms with Gasteiger partial charge < -0.3 is 10.1 Å². The third kappa shape index (κ3) is 3.31. The molecule has 1 atom stereocenters. The molecule has 0 saturated heterocycles. The van der Waals surface area contributed by atoms with Crippen LogP contribution in [-0.4, -0.2) is 18.6 Å². The molecule has 0 spiro atoms. The van der Waals surface area contributed by atoms with E-state index >= 15 is 0 Å². The number of rotatable bonds is 6. The Bertz CT molecular complexity index is 470. The van der Waals surface area contributed by atoms with Crippen LogP contribution in [0.4, 0.5) is 0 Å². The SMILES string of the molecule is COc1ccccc1CCNC(C)c1cscn1. The zero-order valence-electron chi connectivity index (χ0n) is 10.7. The molecule has 0 amide bonds. The highest BCUT2D eigenvalue weighted by Crippen LogP contribution is 2.18. The lowest BCUT2D eigenvalue weighted by atomic mass is 10.1. The molecule has 1 aromatic carbocycles. The lowest BCUT2D eigenvalue weighted by molar-refractivity contribution is 0.408. The second-order valence-corrected chi connectivity index (χ2v) is 4.87. The molecule has 0 bridgehead atoms. The van der Waals surface area contributed by atoms with E-state index in [1.807, 2.05) is 23.7 Å². The van der Waals surface area contributed by atoms with E-state index < -0.39 is 0 Å². The molecular weight excluding hydrogens is 244 g/mol. The van der Waals surface area contributed by atoms with Gasteiger partial charge in [0.15, 0.2) is 0 Å². The van der Waals surface area contributed by atoms with Crippen molar-refractivity contribution >= 4 is 11.3 Å². The molecule has 18 heavy (non-hydrogen) atoms. The standard InChI is InChI=1S/C14H18N2OS/c1-11(13-9-18-10-16-13)15-8-7-12-5-3-4-6-14(12)17-2/h3-6,9-11,15H,7-8H2,1-2H3. The number of aromatic nitrogens is 1. The first-order valence-corrected chi connectivity index (χ1v) is 6.99. The summed E-state index contributed by atoms with van der Waals surface area (Å²) in [6, 6.07) is 8.44. The van der Waals surface area contributed by atoms with E-state index in [4.69, 9.17) is 4.74 Å². The second kappa shape index (κ2) is 6.52. The summed E-state index contributed by atoms with van der Waals surface area (Å²) in [5.74, 6) is 0.959. The summed E-state index contributed by atoms with van der Waals surface area (Å²) in [5.41, 5.74) is 4.21.